The zero-order valence-electron chi connectivity index (χ0n) is 13.7. The number of nitrogens with zero attached hydrogens (tertiary/aromatic N) is 3. The van der Waals surface area contributed by atoms with Gasteiger partial charge in [0.05, 0.1) is 17.8 Å². The Morgan fingerprint density at radius 1 is 1.00 bits per heavy atom. The Morgan fingerprint density at radius 3 is 2.30 bits per heavy atom. The summed E-state index contributed by atoms with van der Waals surface area (Å²) in [6, 6.07) is 17.9. The summed E-state index contributed by atoms with van der Waals surface area (Å²) >= 11 is 0. The van der Waals surface area contributed by atoms with Gasteiger partial charge in [-0.25, -0.2) is 4.68 Å². The number of aliphatic hydroxyl groups excluding tert-OH is 1. The summed E-state index contributed by atoms with van der Waals surface area (Å²) in [5, 5.41) is 18.7. The SMILES string of the molecule is CC(C)(C)/C(CO)=C(/c1ccccc1)n1nnc2ccccc21. The monoisotopic (exact) mass is 307 g/mol. The van der Waals surface area contributed by atoms with Crippen molar-refractivity contribution in [3.63, 3.8) is 0 Å². The summed E-state index contributed by atoms with van der Waals surface area (Å²) in [5.74, 6) is 0. The lowest BCUT2D eigenvalue weighted by atomic mass is 9.84. The van der Waals surface area contributed by atoms with Crippen LogP contribution >= 0.6 is 0 Å². The van der Waals surface area contributed by atoms with E-state index in [2.05, 4.69) is 31.1 Å². The van der Waals surface area contributed by atoms with Crippen LogP contribution in [0.4, 0.5) is 0 Å². The molecule has 118 valence electrons. The van der Waals surface area contributed by atoms with E-state index in [-0.39, 0.29) is 12.0 Å². The molecule has 4 nitrogen and oxygen atoms in total. The van der Waals surface area contributed by atoms with Crippen LogP contribution in [-0.2, 0) is 0 Å². The minimum Gasteiger partial charge on any atom is -0.392 e. The average molecular weight is 307 g/mol. The number of hydrogen-bond donors (Lipinski definition) is 1. The van der Waals surface area contributed by atoms with Gasteiger partial charge >= 0.3 is 0 Å². The maximum Gasteiger partial charge on any atom is 0.113 e. The van der Waals surface area contributed by atoms with E-state index in [9.17, 15) is 5.11 Å². The minimum atomic E-state index is -0.188. The first kappa shape index (κ1) is 15.4. The second-order valence-electron chi connectivity index (χ2n) is 6.59. The molecule has 0 bridgehead atoms. The first-order valence-electron chi connectivity index (χ1n) is 7.73. The molecule has 1 N–H and O–H groups in total. The highest BCUT2D eigenvalue weighted by molar-refractivity contribution is 5.82. The highest BCUT2D eigenvalue weighted by Crippen LogP contribution is 2.34. The maximum absolute atomic E-state index is 10.0. The predicted molar refractivity (Wildman–Crippen MR) is 92.8 cm³/mol. The van der Waals surface area contributed by atoms with E-state index in [1.807, 2.05) is 59.3 Å². The van der Waals surface area contributed by atoms with Crippen LogP contribution in [-0.4, -0.2) is 26.7 Å². The maximum atomic E-state index is 10.0. The molecule has 0 aliphatic carbocycles. The molecule has 0 aliphatic heterocycles. The van der Waals surface area contributed by atoms with Gasteiger partial charge in [-0.15, -0.1) is 5.10 Å². The fraction of sp³-hybridized carbons (Fsp3) is 0.263. The number of fused-ring (bicyclic) bond motifs is 1. The fourth-order valence-corrected chi connectivity index (χ4v) is 2.72. The Bertz CT molecular complexity index is 842. The van der Waals surface area contributed by atoms with Crippen molar-refractivity contribution < 1.29 is 5.11 Å². The van der Waals surface area contributed by atoms with Gasteiger partial charge in [-0.3, -0.25) is 0 Å². The van der Waals surface area contributed by atoms with Crippen molar-refractivity contribution in [2.45, 2.75) is 20.8 Å². The Morgan fingerprint density at radius 2 is 1.65 bits per heavy atom. The first-order chi connectivity index (χ1) is 11.0. The summed E-state index contributed by atoms with van der Waals surface area (Å²) in [6.07, 6.45) is 0. The molecule has 3 rings (SSSR count). The summed E-state index contributed by atoms with van der Waals surface area (Å²) in [6.45, 7) is 6.27. The van der Waals surface area contributed by atoms with Gasteiger partial charge in [0.25, 0.3) is 0 Å². The molecule has 0 atom stereocenters. The third-order valence-electron chi connectivity index (χ3n) is 3.96. The molecule has 0 amide bonds. The third kappa shape index (κ3) is 2.90. The minimum absolute atomic E-state index is 0.0259. The third-order valence-corrected chi connectivity index (χ3v) is 3.96. The van der Waals surface area contributed by atoms with Gasteiger partial charge in [0.1, 0.15) is 5.52 Å². The number of para-hydroxylation sites is 1. The molecule has 3 aromatic rings. The number of hydrogen-bond acceptors (Lipinski definition) is 3. The highest BCUT2D eigenvalue weighted by atomic mass is 16.3. The van der Waals surface area contributed by atoms with Crippen molar-refractivity contribution in [1.82, 2.24) is 15.0 Å². The Balaban J connectivity index is 2.35. The fourth-order valence-electron chi connectivity index (χ4n) is 2.72. The van der Waals surface area contributed by atoms with Crippen LogP contribution in [0.15, 0.2) is 60.2 Å². The first-order valence-corrected chi connectivity index (χ1v) is 7.73. The van der Waals surface area contributed by atoms with Gasteiger partial charge in [-0.2, -0.15) is 0 Å². The second-order valence-corrected chi connectivity index (χ2v) is 6.59. The van der Waals surface area contributed by atoms with E-state index in [4.69, 9.17) is 0 Å². The molecular weight excluding hydrogens is 286 g/mol. The van der Waals surface area contributed by atoms with Gasteiger partial charge < -0.3 is 5.11 Å². The standard InChI is InChI=1S/C19H21N3O/c1-19(2,3)15(13-23)18(14-9-5-4-6-10-14)22-17-12-8-7-11-16(17)20-21-22/h4-12,23H,13H2,1-3H3/b18-15-. The van der Waals surface area contributed by atoms with Crippen molar-refractivity contribution in [3.05, 3.63) is 65.7 Å². The molecule has 0 aliphatic rings. The predicted octanol–water partition coefficient (Wildman–Crippen LogP) is 3.73. The normalized spacial score (nSPS) is 13.2. The second kappa shape index (κ2) is 5.97. The topological polar surface area (TPSA) is 50.9 Å². The number of benzene rings is 2. The van der Waals surface area contributed by atoms with Gasteiger partial charge in [0.2, 0.25) is 0 Å². The molecule has 0 unspecified atom stereocenters. The van der Waals surface area contributed by atoms with Crippen LogP contribution < -0.4 is 0 Å². The molecule has 2 aromatic carbocycles. The molecule has 0 spiro atoms. The number of rotatable bonds is 3. The molecule has 0 saturated heterocycles. The van der Waals surface area contributed by atoms with Crippen LogP contribution in [0.25, 0.3) is 16.7 Å². The quantitative estimate of drug-likeness (QED) is 0.802. The Labute approximate surface area is 136 Å². The molecule has 4 heteroatoms. The van der Waals surface area contributed by atoms with Crippen LogP contribution in [0.3, 0.4) is 0 Å². The summed E-state index contributed by atoms with van der Waals surface area (Å²) < 4.78 is 1.83. The molecule has 0 saturated carbocycles. The van der Waals surface area contributed by atoms with E-state index in [1.165, 1.54) is 0 Å². The average Bonchev–Trinajstić information content (AvgIpc) is 2.96. The molecule has 1 heterocycles. The molecule has 1 aromatic heterocycles. The zero-order valence-corrected chi connectivity index (χ0v) is 13.7. The summed E-state index contributed by atoms with van der Waals surface area (Å²) in [5.41, 5.74) is 4.43. The lowest BCUT2D eigenvalue weighted by Crippen LogP contribution is -2.18. The van der Waals surface area contributed by atoms with Gasteiger partial charge in [-0.05, 0) is 23.1 Å². The van der Waals surface area contributed by atoms with Gasteiger partial charge in [0, 0.05) is 5.56 Å². The van der Waals surface area contributed by atoms with E-state index in [0.29, 0.717) is 0 Å². The Kier molecular flexibility index (Phi) is 4.01. The van der Waals surface area contributed by atoms with Crippen molar-refractivity contribution in [1.29, 1.82) is 0 Å². The van der Waals surface area contributed by atoms with Crippen molar-refractivity contribution in [2.75, 3.05) is 6.61 Å². The molecular formula is C19H21N3O. The Hall–Kier alpha value is -2.46. The smallest absolute Gasteiger partial charge is 0.113 e. The van der Waals surface area contributed by atoms with E-state index < -0.39 is 0 Å². The van der Waals surface area contributed by atoms with Crippen LogP contribution in [0.1, 0.15) is 26.3 Å². The van der Waals surface area contributed by atoms with Crippen LogP contribution in [0.5, 0.6) is 0 Å². The molecule has 0 fully saturated rings. The van der Waals surface area contributed by atoms with Crippen LogP contribution in [0, 0.1) is 5.41 Å². The van der Waals surface area contributed by atoms with E-state index >= 15 is 0 Å². The summed E-state index contributed by atoms with van der Waals surface area (Å²) in [4.78, 5) is 0. The van der Waals surface area contributed by atoms with Gasteiger partial charge in [0.15, 0.2) is 0 Å². The van der Waals surface area contributed by atoms with Crippen molar-refractivity contribution >= 4 is 16.7 Å². The van der Waals surface area contributed by atoms with Crippen molar-refractivity contribution in [2.24, 2.45) is 5.41 Å². The number of aromatic nitrogens is 3. The lowest BCUT2D eigenvalue weighted by molar-refractivity contribution is 0.296. The zero-order chi connectivity index (χ0) is 16.4. The van der Waals surface area contributed by atoms with Crippen LogP contribution in [0.2, 0.25) is 0 Å². The molecule has 23 heavy (non-hydrogen) atoms. The molecule has 0 radical (unpaired) electrons. The van der Waals surface area contributed by atoms with Gasteiger partial charge in [-0.1, -0.05) is 68.4 Å². The van der Waals surface area contributed by atoms with E-state index in [1.54, 1.807) is 0 Å². The van der Waals surface area contributed by atoms with Crippen molar-refractivity contribution in [3.8, 4) is 0 Å². The number of aliphatic hydroxyl groups is 1. The summed E-state index contributed by atoms with van der Waals surface area (Å²) in [7, 11) is 0. The largest absolute Gasteiger partial charge is 0.392 e. The lowest BCUT2D eigenvalue weighted by Gasteiger charge is -2.25. The van der Waals surface area contributed by atoms with E-state index in [0.717, 1.165) is 27.9 Å². The highest BCUT2D eigenvalue weighted by Gasteiger charge is 2.24.